The maximum atomic E-state index is 4.82. The molecule has 0 bridgehead atoms. The fraction of sp³-hybridized carbons (Fsp3) is 0.308. The molecule has 0 unspecified atom stereocenters. The second kappa shape index (κ2) is 9.18. The summed E-state index contributed by atoms with van der Waals surface area (Å²) in [6.45, 7) is 7.26. The van der Waals surface area contributed by atoms with Crippen molar-refractivity contribution in [2.75, 3.05) is 26.7 Å². The van der Waals surface area contributed by atoms with Crippen molar-refractivity contribution in [3.8, 4) is 5.69 Å². The molecule has 35 heavy (non-hydrogen) atoms. The second-order valence-electron chi connectivity index (χ2n) is 9.53. The quantitative estimate of drug-likeness (QED) is 0.450. The van der Waals surface area contributed by atoms with Crippen LogP contribution in [0.25, 0.3) is 17.0 Å². The van der Waals surface area contributed by atoms with Crippen molar-refractivity contribution in [1.29, 1.82) is 0 Å². The van der Waals surface area contributed by atoms with Gasteiger partial charge < -0.3 is 19.3 Å². The van der Waals surface area contributed by atoms with Crippen LogP contribution in [0, 0.1) is 0 Å². The van der Waals surface area contributed by atoms with Gasteiger partial charge in [0.25, 0.3) is 0 Å². The molecule has 1 saturated heterocycles. The summed E-state index contributed by atoms with van der Waals surface area (Å²) in [5, 5.41) is 2.01. The molecule has 6 heterocycles. The number of rotatable bonds is 6. The number of aromatic nitrogens is 4. The van der Waals surface area contributed by atoms with Crippen LogP contribution >= 0.6 is 0 Å². The minimum Gasteiger partial charge on any atom is -0.322 e. The lowest BCUT2D eigenvalue weighted by atomic mass is 10.2. The van der Waals surface area contributed by atoms with Crippen molar-refractivity contribution >= 4 is 11.3 Å². The van der Waals surface area contributed by atoms with E-state index in [9.17, 15) is 0 Å². The number of nitrogens with one attached hydrogen (secondary N) is 2. The average molecular weight is 470 g/mol. The average Bonchev–Trinajstić information content (AvgIpc) is 3.62. The first-order valence-corrected chi connectivity index (χ1v) is 12.1. The number of hydrogen-bond acceptors (Lipinski definition) is 7. The van der Waals surface area contributed by atoms with Gasteiger partial charge >= 0.3 is 0 Å². The largest absolute Gasteiger partial charge is 0.322 e. The lowest BCUT2D eigenvalue weighted by Gasteiger charge is -2.37. The van der Waals surface area contributed by atoms with Crippen molar-refractivity contribution in [2.24, 2.45) is 0 Å². The van der Waals surface area contributed by atoms with Gasteiger partial charge in [-0.25, -0.2) is 4.98 Å². The zero-order valence-corrected chi connectivity index (χ0v) is 20.2. The summed E-state index contributed by atoms with van der Waals surface area (Å²) in [7, 11) is 2.21. The Morgan fingerprint density at radius 2 is 1.94 bits per heavy atom. The minimum atomic E-state index is 0.596. The second-order valence-corrected chi connectivity index (χ2v) is 9.53. The summed E-state index contributed by atoms with van der Waals surface area (Å²) in [6, 6.07) is 11.0. The molecule has 1 atom stereocenters. The summed E-state index contributed by atoms with van der Waals surface area (Å²) in [4.78, 5) is 14.2. The fourth-order valence-electron chi connectivity index (χ4n) is 4.77. The van der Waals surface area contributed by atoms with Crippen molar-refractivity contribution in [3.05, 3.63) is 90.5 Å². The van der Waals surface area contributed by atoms with Crippen molar-refractivity contribution < 1.29 is 0 Å². The molecular formula is C26H31N9. The van der Waals surface area contributed by atoms with Gasteiger partial charge in [-0.3, -0.25) is 14.9 Å². The van der Waals surface area contributed by atoms with E-state index in [2.05, 4.69) is 80.9 Å². The van der Waals surface area contributed by atoms with Crippen molar-refractivity contribution in [1.82, 2.24) is 44.7 Å². The van der Waals surface area contributed by atoms with E-state index in [-0.39, 0.29) is 0 Å². The fourth-order valence-corrected chi connectivity index (χ4v) is 4.77. The van der Waals surface area contributed by atoms with Gasteiger partial charge in [-0.2, -0.15) is 0 Å². The summed E-state index contributed by atoms with van der Waals surface area (Å²) < 4.78 is 4.19. The molecule has 4 aromatic heterocycles. The first-order valence-electron chi connectivity index (χ1n) is 12.1. The molecule has 1 fully saturated rings. The molecule has 0 amide bonds. The van der Waals surface area contributed by atoms with Gasteiger partial charge in [-0.15, -0.1) is 5.53 Å². The molecule has 180 valence electrons. The van der Waals surface area contributed by atoms with Crippen LogP contribution in [0.5, 0.6) is 0 Å². The van der Waals surface area contributed by atoms with Gasteiger partial charge in [-0.05, 0) is 43.8 Å². The van der Waals surface area contributed by atoms with E-state index in [4.69, 9.17) is 4.98 Å². The summed E-state index contributed by atoms with van der Waals surface area (Å²) in [5.41, 5.74) is 12.8. The molecular weight excluding hydrogens is 438 g/mol. The number of piperazine rings is 1. The maximum absolute atomic E-state index is 4.82. The van der Waals surface area contributed by atoms with E-state index in [0.717, 1.165) is 54.5 Å². The van der Waals surface area contributed by atoms with E-state index in [0.29, 0.717) is 12.6 Å². The molecule has 0 saturated carbocycles. The Hall–Kier alpha value is -3.66. The molecule has 9 heteroatoms. The molecule has 0 spiro atoms. The Labute approximate surface area is 205 Å². The SMILES string of the molecule is C[C@H]1CN(Cc2ccc3nc(CN4C=C(c5cncc(-n6cccc6)c5)NN4)cn3c2)CCN1C. The number of imidazole rings is 1. The molecule has 0 radical (unpaired) electrons. The number of hydrogen-bond donors (Lipinski definition) is 2. The predicted molar refractivity (Wildman–Crippen MR) is 136 cm³/mol. The van der Waals surface area contributed by atoms with E-state index in [1.165, 1.54) is 5.56 Å². The topological polar surface area (TPSA) is 68.9 Å². The molecule has 9 nitrogen and oxygen atoms in total. The van der Waals surface area contributed by atoms with Gasteiger partial charge in [0.1, 0.15) is 5.65 Å². The normalized spacial score (nSPS) is 19.3. The smallest absolute Gasteiger partial charge is 0.137 e. The first kappa shape index (κ1) is 21.8. The third kappa shape index (κ3) is 4.66. The Morgan fingerprint density at radius 1 is 1.06 bits per heavy atom. The maximum Gasteiger partial charge on any atom is 0.137 e. The van der Waals surface area contributed by atoms with Crippen LogP contribution in [0.4, 0.5) is 0 Å². The van der Waals surface area contributed by atoms with Crippen LogP contribution in [0.15, 0.2) is 73.7 Å². The highest BCUT2D eigenvalue weighted by Gasteiger charge is 2.21. The molecule has 0 aromatic carbocycles. The van der Waals surface area contributed by atoms with Gasteiger partial charge in [0.15, 0.2) is 0 Å². The number of fused-ring (bicyclic) bond motifs is 1. The van der Waals surface area contributed by atoms with Crippen LogP contribution in [-0.2, 0) is 13.1 Å². The number of hydrazine groups is 2. The lowest BCUT2D eigenvalue weighted by molar-refractivity contribution is 0.0999. The van der Waals surface area contributed by atoms with Crippen LogP contribution < -0.4 is 11.0 Å². The first-order chi connectivity index (χ1) is 17.1. The molecule has 6 rings (SSSR count). The zero-order chi connectivity index (χ0) is 23.8. The van der Waals surface area contributed by atoms with E-state index in [1.54, 1.807) is 0 Å². The van der Waals surface area contributed by atoms with E-state index < -0.39 is 0 Å². The van der Waals surface area contributed by atoms with Crippen LogP contribution in [0.2, 0.25) is 0 Å². The summed E-state index contributed by atoms with van der Waals surface area (Å²) in [6.07, 6.45) is 14.1. The highest BCUT2D eigenvalue weighted by molar-refractivity contribution is 5.65. The number of likely N-dealkylation sites (N-methyl/N-ethyl adjacent to an activating group) is 1. The van der Waals surface area contributed by atoms with E-state index in [1.807, 2.05) is 46.5 Å². The lowest BCUT2D eigenvalue weighted by Crippen LogP contribution is -2.49. The van der Waals surface area contributed by atoms with Gasteiger partial charge in [0.05, 0.1) is 29.8 Å². The standard InChI is InChI=1S/C26H31N9/c1-20-14-32(10-9-31(20)2)15-21-5-6-26-28-23(17-34(26)16-21)18-35-19-25(29-30-35)22-11-24(13-27-12-22)33-7-3-4-8-33/h3-8,11-13,16-17,19-20,29-30H,9-10,14-15,18H2,1-2H3/t20-/m0/s1. The monoisotopic (exact) mass is 469 g/mol. The molecule has 2 aliphatic heterocycles. The summed E-state index contributed by atoms with van der Waals surface area (Å²) in [5.74, 6) is 0. The molecule has 0 aliphatic carbocycles. The predicted octanol–water partition coefficient (Wildman–Crippen LogP) is 2.48. The van der Waals surface area contributed by atoms with Gasteiger partial charge in [-0.1, -0.05) is 6.07 Å². The highest BCUT2D eigenvalue weighted by Crippen LogP contribution is 2.19. The number of pyridine rings is 2. The van der Waals surface area contributed by atoms with E-state index >= 15 is 0 Å². The molecule has 2 aliphatic rings. The van der Waals surface area contributed by atoms with Crippen molar-refractivity contribution in [2.45, 2.75) is 26.1 Å². The third-order valence-corrected chi connectivity index (χ3v) is 6.90. The Morgan fingerprint density at radius 3 is 2.80 bits per heavy atom. The third-order valence-electron chi connectivity index (χ3n) is 6.90. The Bertz CT molecular complexity index is 1340. The number of nitrogens with zero attached hydrogens (tertiary/aromatic N) is 7. The molecule has 4 aromatic rings. The van der Waals surface area contributed by atoms with Crippen molar-refractivity contribution in [3.63, 3.8) is 0 Å². The highest BCUT2D eigenvalue weighted by atomic mass is 15.7. The Balaban J connectivity index is 1.13. The van der Waals surface area contributed by atoms with Crippen LogP contribution in [0.3, 0.4) is 0 Å². The van der Waals surface area contributed by atoms with Gasteiger partial charge in [0.2, 0.25) is 0 Å². The van der Waals surface area contributed by atoms with Crippen LogP contribution in [-0.4, -0.2) is 66.5 Å². The molecule has 2 N–H and O–H groups in total. The minimum absolute atomic E-state index is 0.596. The zero-order valence-electron chi connectivity index (χ0n) is 20.2. The Kier molecular flexibility index (Phi) is 5.73. The van der Waals surface area contributed by atoms with Gasteiger partial charge in [0, 0.05) is 75.0 Å². The van der Waals surface area contributed by atoms with Crippen LogP contribution in [0.1, 0.15) is 23.7 Å². The summed E-state index contributed by atoms with van der Waals surface area (Å²) >= 11 is 0.